The van der Waals surface area contributed by atoms with Gasteiger partial charge in [-0.05, 0) is 107 Å². The summed E-state index contributed by atoms with van der Waals surface area (Å²) in [5.41, 5.74) is 1.90. The van der Waals surface area contributed by atoms with Crippen molar-refractivity contribution in [2.24, 2.45) is 22.7 Å². The molecule has 2 bridgehead atoms. The number of nitrogens with one attached hydrogen (secondary N) is 2. The molecule has 1 aromatic carbocycles. The molecule has 68 heavy (non-hydrogen) atoms. The Morgan fingerprint density at radius 3 is 2.31 bits per heavy atom. The summed E-state index contributed by atoms with van der Waals surface area (Å²) in [5, 5.41) is 17.4. The Bertz CT molecular complexity index is 2010. The lowest BCUT2D eigenvalue weighted by molar-refractivity contribution is -0.224. The van der Waals surface area contributed by atoms with Gasteiger partial charge in [-0.3, -0.25) is 24.0 Å². The minimum absolute atomic E-state index is 0.0255. The van der Waals surface area contributed by atoms with E-state index in [1.807, 2.05) is 0 Å². The monoisotopic (exact) mass is 948 g/mol. The van der Waals surface area contributed by atoms with Crippen LogP contribution in [0.25, 0.3) is 6.08 Å². The molecule has 0 aromatic heterocycles. The average molecular weight is 948 g/mol. The summed E-state index contributed by atoms with van der Waals surface area (Å²) in [6.45, 7) is 16.6. The van der Waals surface area contributed by atoms with E-state index in [0.29, 0.717) is 36.2 Å². The molecule has 3 saturated carbocycles. The summed E-state index contributed by atoms with van der Waals surface area (Å²) in [5.74, 6) is -1.42. The molecule has 11 unspecified atom stereocenters. The van der Waals surface area contributed by atoms with E-state index < -0.39 is 77.1 Å². The Morgan fingerprint density at radius 2 is 1.65 bits per heavy atom. The van der Waals surface area contributed by atoms with Crippen LogP contribution in [0.1, 0.15) is 176 Å². The van der Waals surface area contributed by atoms with Gasteiger partial charge in [-0.15, -0.1) is 0 Å². The van der Waals surface area contributed by atoms with Crippen LogP contribution in [0, 0.1) is 22.7 Å². The van der Waals surface area contributed by atoms with Crippen LogP contribution < -0.4 is 10.6 Å². The van der Waals surface area contributed by atoms with Crippen LogP contribution in [0.5, 0.6) is 0 Å². The summed E-state index contributed by atoms with van der Waals surface area (Å²) in [4.78, 5) is 61.7. The molecule has 14 heteroatoms. The number of hydrogen-bond donors (Lipinski definition) is 3. The van der Waals surface area contributed by atoms with E-state index in [1.54, 1.807) is 25.8 Å². The fraction of sp³-hybridized carbons (Fsp3) is 0.778. The maximum absolute atomic E-state index is 14.9. The number of nitrogens with zero attached hydrogens (tertiary/aromatic N) is 1. The first-order valence-electron chi connectivity index (χ1n) is 26.2. The van der Waals surface area contributed by atoms with E-state index >= 15 is 0 Å². The van der Waals surface area contributed by atoms with Crippen LogP contribution in [0.4, 0.5) is 0 Å². The number of hydroxylamine groups is 2. The van der Waals surface area contributed by atoms with Crippen LogP contribution in [0.2, 0.25) is 0 Å². The Kier molecular flexibility index (Phi) is 15.3. The molecule has 0 radical (unpaired) electrons. The molecular weight excluding hydrogens is 867 g/mol. The first kappa shape index (κ1) is 51.0. The lowest BCUT2D eigenvalue weighted by atomic mass is 9.52. The number of benzene rings is 1. The van der Waals surface area contributed by atoms with Gasteiger partial charge in [-0.2, -0.15) is 5.06 Å². The Labute approximate surface area is 404 Å². The predicted molar refractivity (Wildman–Crippen MR) is 255 cm³/mol. The molecule has 11 atom stereocenters. The summed E-state index contributed by atoms with van der Waals surface area (Å²) < 4.78 is 31.8. The van der Waals surface area contributed by atoms with Gasteiger partial charge in [0, 0.05) is 38.6 Å². The van der Waals surface area contributed by atoms with Crippen molar-refractivity contribution in [1.29, 1.82) is 0 Å². The van der Waals surface area contributed by atoms with Crippen molar-refractivity contribution in [1.82, 2.24) is 15.7 Å². The van der Waals surface area contributed by atoms with E-state index in [1.165, 1.54) is 18.4 Å². The first-order chi connectivity index (χ1) is 32.3. The third-order valence-electron chi connectivity index (χ3n) is 16.4. The van der Waals surface area contributed by atoms with Crippen LogP contribution >= 0.6 is 0 Å². The van der Waals surface area contributed by atoms with Gasteiger partial charge in [0.05, 0.1) is 30.9 Å². The van der Waals surface area contributed by atoms with E-state index in [0.717, 1.165) is 68.9 Å². The summed E-state index contributed by atoms with van der Waals surface area (Å²) in [6, 6.07) is 6.71. The van der Waals surface area contributed by atoms with Crippen LogP contribution in [0.15, 0.2) is 29.8 Å². The van der Waals surface area contributed by atoms with Crippen molar-refractivity contribution in [3.63, 3.8) is 0 Å². The molecule has 7 aliphatic rings. The van der Waals surface area contributed by atoms with Gasteiger partial charge in [-0.25, -0.2) is 0 Å². The van der Waals surface area contributed by atoms with Gasteiger partial charge in [0.1, 0.15) is 35.4 Å². The standard InChI is InChI=1S/C54H81N3O11/c1-9-11-13-25-53(26-14-12-10-2)66-44-40-31-54(49(62)55-28-24-42(59)56-37(33-58)20-22-43(60)65-50(3,4)5)46(48(61)63-40)57(68-47(54)45(44)67-53)32-35-17-15-34(16-18-35)29-36-19-21-41-52(8,64-41)27-23-39-38(36)30-51(39,6)7/h15-18,29,37-41,44-47,58H,9-14,19-28,30-33H2,1-8H3,(H,55,62)(H,56,59). The zero-order valence-electron chi connectivity index (χ0n) is 42.2. The smallest absolute Gasteiger partial charge is 0.327 e. The highest BCUT2D eigenvalue weighted by Gasteiger charge is 2.76. The van der Waals surface area contributed by atoms with Crippen LogP contribution in [-0.4, -0.2) is 107 Å². The number of aliphatic hydroxyl groups is 1. The SMILES string of the molecule is CCCCCC1(CCCCC)OC2C3CC4(C(=O)NCCC(=O)NC(CO)CCC(=O)OC(C)(C)C)C(ON(Cc5ccc(C=C6CCC7OC7(C)CCC7C6CC7(C)C)cc5)C4C(=O)O3)C2O1. The fourth-order valence-electron chi connectivity index (χ4n) is 12.7. The molecular formula is C54H81N3O11. The molecule has 7 fully saturated rings. The van der Waals surface area contributed by atoms with Gasteiger partial charge in [0.25, 0.3) is 0 Å². The quantitative estimate of drug-likeness (QED) is 0.0654. The number of carbonyl (C=O) groups is 4. The number of aliphatic hydroxyl groups excluding tert-OH is 1. The van der Waals surface area contributed by atoms with E-state index in [4.69, 9.17) is 28.5 Å². The number of rotatable bonds is 20. The molecule has 4 aliphatic heterocycles. The van der Waals surface area contributed by atoms with Gasteiger partial charge in [-0.1, -0.05) is 89.3 Å². The normalized spacial score (nSPS) is 34.2. The van der Waals surface area contributed by atoms with Crippen molar-refractivity contribution >= 4 is 29.8 Å². The fourth-order valence-corrected chi connectivity index (χ4v) is 12.7. The maximum atomic E-state index is 14.9. The second-order valence-corrected chi connectivity index (χ2v) is 23.2. The Balaban J connectivity index is 1.00. The predicted octanol–water partition coefficient (Wildman–Crippen LogP) is 8.01. The molecule has 4 saturated heterocycles. The van der Waals surface area contributed by atoms with Crippen molar-refractivity contribution < 1.29 is 52.8 Å². The van der Waals surface area contributed by atoms with Gasteiger partial charge in [0.15, 0.2) is 11.8 Å². The molecule has 378 valence electrons. The lowest BCUT2D eigenvalue weighted by Crippen LogP contribution is -2.69. The van der Waals surface area contributed by atoms with E-state index in [2.05, 4.69) is 75.6 Å². The zero-order chi connectivity index (χ0) is 48.6. The second-order valence-electron chi connectivity index (χ2n) is 23.2. The number of allylic oxidation sites excluding steroid dienone is 1. The summed E-state index contributed by atoms with van der Waals surface area (Å²) >= 11 is 0. The minimum atomic E-state index is -1.39. The number of unbranched alkanes of at least 4 members (excludes halogenated alkanes) is 4. The van der Waals surface area contributed by atoms with E-state index in [9.17, 15) is 24.3 Å². The van der Waals surface area contributed by atoms with Crippen LogP contribution in [-0.2, 0) is 54.2 Å². The van der Waals surface area contributed by atoms with Crippen LogP contribution in [0.3, 0.4) is 0 Å². The molecule has 3 N–H and O–H groups in total. The average Bonchev–Trinajstić information content (AvgIpc) is 3.55. The van der Waals surface area contributed by atoms with Crippen molar-refractivity contribution in [3.05, 3.63) is 41.0 Å². The number of esters is 2. The third-order valence-corrected chi connectivity index (χ3v) is 16.4. The Morgan fingerprint density at radius 1 is 0.941 bits per heavy atom. The maximum Gasteiger partial charge on any atom is 0.327 e. The zero-order valence-corrected chi connectivity index (χ0v) is 42.2. The third kappa shape index (κ3) is 10.8. The van der Waals surface area contributed by atoms with Crippen molar-refractivity contribution in [2.75, 3.05) is 13.2 Å². The highest BCUT2D eigenvalue weighted by Crippen LogP contribution is 2.61. The van der Waals surface area contributed by atoms with Crippen molar-refractivity contribution in [2.45, 2.75) is 231 Å². The topological polar surface area (TPSA) is 174 Å². The Hall–Kier alpha value is -3.40. The number of fused-ring (bicyclic) bond motifs is 6. The molecule has 2 amide bonds. The van der Waals surface area contributed by atoms with Gasteiger partial charge < -0.3 is 39.4 Å². The van der Waals surface area contributed by atoms with E-state index in [-0.39, 0.29) is 51.0 Å². The van der Waals surface area contributed by atoms with Gasteiger partial charge >= 0.3 is 11.9 Å². The molecule has 4 heterocycles. The molecule has 8 rings (SSSR count). The number of amides is 2. The van der Waals surface area contributed by atoms with Crippen molar-refractivity contribution in [3.8, 4) is 0 Å². The number of epoxide rings is 1. The number of carbonyl (C=O) groups excluding carboxylic acids is 4. The molecule has 14 nitrogen and oxygen atoms in total. The summed E-state index contributed by atoms with van der Waals surface area (Å²) in [7, 11) is 0. The second kappa shape index (κ2) is 20.4. The lowest BCUT2D eigenvalue weighted by Gasteiger charge is -2.53. The first-order valence-corrected chi connectivity index (χ1v) is 26.2. The molecule has 0 spiro atoms. The molecule has 3 aliphatic carbocycles. The highest BCUT2D eigenvalue weighted by molar-refractivity contribution is 5.94. The molecule has 1 aromatic rings. The number of hydrogen-bond acceptors (Lipinski definition) is 12. The van der Waals surface area contributed by atoms with Gasteiger partial charge in [0.2, 0.25) is 11.8 Å². The highest BCUT2D eigenvalue weighted by atomic mass is 16.8. The number of ether oxygens (including phenoxy) is 5. The summed E-state index contributed by atoms with van der Waals surface area (Å²) in [6.07, 6.45) is 13.1. The minimum Gasteiger partial charge on any atom is -0.460 e. The largest absolute Gasteiger partial charge is 0.460 e.